The number of H-pyrrole nitrogens is 1. The van der Waals surface area contributed by atoms with Crippen LogP contribution in [0.4, 0.5) is 5.95 Å². The first-order chi connectivity index (χ1) is 8.24. The van der Waals surface area contributed by atoms with Crippen LogP contribution < -0.4 is 5.73 Å². The van der Waals surface area contributed by atoms with Gasteiger partial charge in [0.1, 0.15) is 10.3 Å². The van der Waals surface area contributed by atoms with E-state index >= 15 is 0 Å². The molecule has 0 aliphatic heterocycles. The van der Waals surface area contributed by atoms with Gasteiger partial charge in [-0.2, -0.15) is 0 Å². The molecular formula is C13H14BrN3. The summed E-state index contributed by atoms with van der Waals surface area (Å²) >= 11 is 3.45. The Balaban J connectivity index is 2.06. The van der Waals surface area contributed by atoms with Gasteiger partial charge in [0.15, 0.2) is 5.95 Å². The van der Waals surface area contributed by atoms with Crippen LogP contribution >= 0.6 is 15.9 Å². The quantitative estimate of drug-likeness (QED) is 0.847. The Hall–Kier alpha value is -1.29. The summed E-state index contributed by atoms with van der Waals surface area (Å²) in [5.41, 5.74) is 10.6. The van der Waals surface area contributed by atoms with Crippen molar-refractivity contribution in [1.29, 1.82) is 0 Å². The summed E-state index contributed by atoms with van der Waals surface area (Å²) in [6.45, 7) is 0. The molecule has 0 saturated carbocycles. The smallest absolute Gasteiger partial charge is 0.198 e. The van der Waals surface area contributed by atoms with Gasteiger partial charge < -0.3 is 10.7 Å². The van der Waals surface area contributed by atoms with Crippen molar-refractivity contribution in [3.05, 3.63) is 33.9 Å². The first-order valence-electron chi connectivity index (χ1n) is 5.87. The van der Waals surface area contributed by atoms with Gasteiger partial charge in [0.2, 0.25) is 0 Å². The van der Waals surface area contributed by atoms with E-state index in [1.165, 1.54) is 36.8 Å². The van der Waals surface area contributed by atoms with Crippen molar-refractivity contribution in [3.8, 4) is 11.3 Å². The van der Waals surface area contributed by atoms with E-state index in [1.807, 2.05) is 0 Å². The average molecular weight is 292 g/mol. The Morgan fingerprint density at radius 1 is 1.18 bits per heavy atom. The topological polar surface area (TPSA) is 54.7 Å². The molecule has 2 aromatic rings. The minimum absolute atomic E-state index is 0.449. The van der Waals surface area contributed by atoms with Gasteiger partial charge >= 0.3 is 0 Å². The third-order valence-electron chi connectivity index (χ3n) is 3.30. The van der Waals surface area contributed by atoms with Crippen LogP contribution in [0.3, 0.4) is 0 Å². The monoisotopic (exact) mass is 291 g/mol. The van der Waals surface area contributed by atoms with E-state index in [-0.39, 0.29) is 0 Å². The van der Waals surface area contributed by atoms with Crippen molar-refractivity contribution >= 4 is 21.9 Å². The van der Waals surface area contributed by atoms with Gasteiger partial charge in [-0.3, -0.25) is 0 Å². The number of hydrogen-bond acceptors (Lipinski definition) is 2. The van der Waals surface area contributed by atoms with Gasteiger partial charge in [0, 0.05) is 5.56 Å². The predicted octanol–water partition coefficient (Wildman–Crippen LogP) is 3.30. The summed E-state index contributed by atoms with van der Waals surface area (Å²) < 4.78 is 0.853. The number of anilines is 1. The third kappa shape index (κ3) is 1.97. The van der Waals surface area contributed by atoms with E-state index in [0.29, 0.717) is 5.95 Å². The fourth-order valence-corrected chi connectivity index (χ4v) is 2.96. The van der Waals surface area contributed by atoms with Crippen molar-refractivity contribution in [2.45, 2.75) is 25.7 Å². The molecule has 0 fully saturated rings. The molecule has 3 nitrogen and oxygen atoms in total. The molecule has 1 heterocycles. The summed E-state index contributed by atoms with van der Waals surface area (Å²) in [7, 11) is 0. The highest BCUT2D eigenvalue weighted by Gasteiger charge is 2.13. The van der Waals surface area contributed by atoms with Gasteiger partial charge in [-0.25, -0.2) is 4.98 Å². The summed E-state index contributed by atoms with van der Waals surface area (Å²) in [5.74, 6) is 0.449. The molecule has 1 aliphatic rings. The molecule has 0 spiro atoms. The van der Waals surface area contributed by atoms with Gasteiger partial charge in [0.05, 0.1) is 0 Å². The lowest BCUT2D eigenvalue weighted by Gasteiger charge is -2.16. The molecule has 17 heavy (non-hydrogen) atoms. The number of nitrogen functional groups attached to an aromatic ring is 1. The number of hydrogen-bond donors (Lipinski definition) is 2. The van der Waals surface area contributed by atoms with E-state index in [2.05, 4.69) is 44.1 Å². The lowest BCUT2D eigenvalue weighted by molar-refractivity contribution is 0.686. The van der Waals surface area contributed by atoms with E-state index in [1.54, 1.807) is 0 Å². The number of nitrogens with one attached hydrogen (secondary N) is 1. The van der Waals surface area contributed by atoms with Crippen LogP contribution in [0.5, 0.6) is 0 Å². The largest absolute Gasteiger partial charge is 0.369 e. The van der Waals surface area contributed by atoms with Crippen LogP contribution in [0.1, 0.15) is 24.0 Å². The molecular weight excluding hydrogens is 278 g/mol. The standard InChI is InChI=1S/C13H14BrN3/c14-12-11(16-13(15)17-12)10-6-5-8-3-1-2-4-9(8)7-10/h5-7H,1-4H2,(H3,15,16,17). The second kappa shape index (κ2) is 4.18. The van der Waals surface area contributed by atoms with E-state index in [9.17, 15) is 0 Å². The summed E-state index contributed by atoms with van der Waals surface area (Å²) in [6, 6.07) is 6.60. The lowest BCUT2D eigenvalue weighted by atomic mass is 9.90. The van der Waals surface area contributed by atoms with Crippen LogP contribution in [-0.4, -0.2) is 9.97 Å². The van der Waals surface area contributed by atoms with Crippen molar-refractivity contribution < 1.29 is 0 Å². The van der Waals surface area contributed by atoms with Crippen LogP contribution in [0.2, 0.25) is 0 Å². The molecule has 1 aromatic carbocycles. The van der Waals surface area contributed by atoms with E-state index in [0.717, 1.165) is 15.9 Å². The van der Waals surface area contributed by atoms with Crippen molar-refractivity contribution in [3.63, 3.8) is 0 Å². The average Bonchev–Trinajstić information content (AvgIpc) is 2.68. The lowest BCUT2D eigenvalue weighted by Crippen LogP contribution is -2.02. The normalized spacial score (nSPS) is 14.6. The minimum atomic E-state index is 0.449. The Labute approximate surface area is 109 Å². The number of aromatic amines is 1. The molecule has 0 atom stereocenters. The van der Waals surface area contributed by atoms with Gasteiger partial charge in [0.25, 0.3) is 0 Å². The molecule has 3 rings (SSSR count). The fraction of sp³-hybridized carbons (Fsp3) is 0.308. The van der Waals surface area contributed by atoms with Gasteiger partial charge in [-0.1, -0.05) is 12.1 Å². The summed E-state index contributed by atoms with van der Waals surface area (Å²) in [4.78, 5) is 7.27. The van der Waals surface area contributed by atoms with Gasteiger partial charge in [-0.05, 0) is 58.8 Å². The number of aromatic nitrogens is 2. The molecule has 1 aliphatic carbocycles. The minimum Gasteiger partial charge on any atom is -0.369 e. The highest BCUT2D eigenvalue weighted by molar-refractivity contribution is 9.10. The number of benzene rings is 1. The molecule has 0 saturated heterocycles. The second-order valence-corrected chi connectivity index (χ2v) is 5.27. The number of nitrogens with zero attached hydrogens (tertiary/aromatic N) is 1. The maximum absolute atomic E-state index is 5.66. The highest BCUT2D eigenvalue weighted by atomic mass is 79.9. The first kappa shape index (κ1) is 10.8. The number of imidazole rings is 1. The number of nitrogens with two attached hydrogens (primary N) is 1. The fourth-order valence-electron chi connectivity index (χ4n) is 2.44. The molecule has 0 bridgehead atoms. The number of fused-ring (bicyclic) bond motifs is 1. The third-order valence-corrected chi connectivity index (χ3v) is 3.87. The van der Waals surface area contributed by atoms with Crippen LogP contribution in [-0.2, 0) is 12.8 Å². The van der Waals surface area contributed by atoms with Gasteiger partial charge in [-0.15, -0.1) is 0 Å². The summed E-state index contributed by atoms with van der Waals surface area (Å²) in [5, 5.41) is 0. The Morgan fingerprint density at radius 3 is 2.65 bits per heavy atom. The SMILES string of the molecule is Nc1nc(-c2ccc3c(c2)CCCC3)c(Br)[nH]1. The molecule has 0 amide bonds. The highest BCUT2D eigenvalue weighted by Crippen LogP contribution is 2.30. The van der Waals surface area contributed by atoms with E-state index < -0.39 is 0 Å². The maximum Gasteiger partial charge on any atom is 0.198 e. The molecule has 88 valence electrons. The zero-order valence-electron chi connectivity index (χ0n) is 9.46. The summed E-state index contributed by atoms with van der Waals surface area (Å²) in [6.07, 6.45) is 4.99. The number of rotatable bonds is 1. The second-order valence-electron chi connectivity index (χ2n) is 4.48. The Morgan fingerprint density at radius 2 is 1.94 bits per heavy atom. The van der Waals surface area contributed by atoms with E-state index in [4.69, 9.17) is 5.73 Å². The molecule has 0 unspecified atom stereocenters. The van der Waals surface area contributed by atoms with Crippen molar-refractivity contribution in [2.24, 2.45) is 0 Å². The first-order valence-corrected chi connectivity index (χ1v) is 6.66. The zero-order chi connectivity index (χ0) is 11.8. The zero-order valence-corrected chi connectivity index (χ0v) is 11.0. The van der Waals surface area contributed by atoms with Crippen LogP contribution in [0.25, 0.3) is 11.3 Å². The van der Waals surface area contributed by atoms with Crippen molar-refractivity contribution in [2.75, 3.05) is 5.73 Å². The Bertz CT molecular complexity index is 560. The molecule has 0 radical (unpaired) electrons. The number of aryl methyl sites for hydroxylation is 2. The van der Waals surface area contributed by atoms with Crippen LogP contribution in [0.15, 0.2) is 22.8 Å². The Kier molecular flexibility index (Phi) is 2.67. The maximum atomic E-state index is 5.66. The molecule has 1 aromatic heterocycles. The predicted molar refractivity (Wildman–Crippen MR) is 72.8 cm³/mol. The van der Waals surface area contributed by atoms with Crippen molar-refractivity contribution in [1.82, 2.24) is 9.97 Å². The van der Waals surface area contributed by atoms with Crippen LogP contribution in [0, 0.1) is 0 Å². The molecule has 3 N–H and O–H groups in total. The molecule has 4 heteroatoms. The number of halogens is 1.